The molecule has 0 heterocycles. The van der Waals surface area contributed by atoms with Gasteiger partial charge in [0.1, 0.15) is 11.6 Å². The lowest BCUT2D eigenvalue weighted by molar-refractivity contribution is -0.145. The van der Waals surface area contributed by atoms with Crippen LogP contribution >= 0.6 is 0 Å². The Morgan fingerprint density at radius 1 is 1.14 bits per heavy atom. The number of carbonyl (C=O) groups excluding carboxylic acids is 1. The quantitative estimate of drug-likeness (QED) is 0.499. The van der Waals surface area contributed by atoms with E-state index in [2.05, 4.69) is 13.8 Å². The van der Waals surface area contributed by atoms with Crippen LogP contribution in [0.15, 0.2) is 42.5 Å². The lowest BCUT2D eigenvalue weighted by Gasteiger charge is -2.20. The lowest BCUT2D eigenvalue weighted by Crippen LogP contribution is -2.18. The number of hydrogen-bond acceptors (Lipinski definition) is 3. The van der Waals surface area contributed by atoms with E-state index < -0.39 is 0 Å². The summed E-state index contributed by atoms with van der Waals surface area (Å²) in [4.78, 5) is 12.6. The van der Waals surface area contributed by atoms with E-state index in [9.17, 15) is 9.18 Å². The Bertz CT molecular complexity index is 794. The zero-order valence-electron chi connectivity index (χ0n) is 16.9. The van der Waals surface area contributed by atoms with E-state index in [1.54, 1.807) is 12.1 Å². The predicted molar refractivity (Wildman–Crippen MR) is 109 cm³/mol. The van der Waals surface area contributed by atoms with Gasteiger partial charge in [0.15, 0.2) is 0 Å². The van der Waals surface area contributed by atoms with Crippen molar-refractivity contribution in [3.63, 3.8) is 0 Å². The van der Waals surface area contributed by atoms with E-state index in [4.69, 9.17) is 9.47 Å². The highest BCUT2D eigenvalue weighted by Crippen LogP contribution is 2.37. The summed E-state index contributed by atoms with van der Waals surface area (Å²) >= 11 is 0. The van der Waals surface area contributed by atoms with Gasteiger partial charge in [0, 0.05) is 5.56 Å². The monoisotopic (exact) mass is 384 g/mol. The summed E-state index contributed by atoms with van der Waals surface area (Å²) in [5.41, 5.74) is 2.67. The first-order chi connectivity index (χ1) is 13.5. The van der Waals surface area contributed by atoms with Crippen LogP contribution in [0.1, 0.15) is 51.5 Å². The van der Waals surface area contributed by atoms with Gasteiger partial charge >= 0.3 is 5.97 Å². The summed E-state index contributed by atoms with van der Waals surface area (Å²) in [5.74, 6) is 0.965. The van der Waals surface area contributed by atoms with Crippen LogP contribution in [0.3, 0.4) is 0 Å². The van der Waals surface area contributed by atoms with Crippen LogP contribution in [0.4, 0.5) is 4.39 Å². The Morgan fingerprint density at radius 2 is 1.86 bits per heavy atom. The normalized spacial score (nSPS) is 14.8. The minimum atomic E-state index is -0.323. The molecular formula is C24H29FO3. The summed E-state index contributed by atoms with van der Waals surface area (Å²) in [7, 11) is 0. The highest BCUT2D eigenvalue weighted by Gasteiger charge is 2.26. The number of hydrogen-bond donors (Lipinski definition) is 0. The fraction of sp³-hybridized carbons (Fsp3) is 0.458. The average molecular weight is 384 g/mol. The van der Waals surface area contributed by atoms with Crippen molar-refractivity contribution in [3.8, 4) is 16.9 Å². The van der Waals surface area contributed by atoms with Gasteiger partial charge in [0.2, 0.25) is 0 Å². The zero-order valence-corrected chi connectivity index (χ0v) is 16.9. The summed E-state index contributed by atoms with van der Waals surface area (Å²) in [5, 5.41) is 0. The second-order valence-electron chi connectivity index (χ2n) is 7.95. The summed E-state index contributed by atoms with van der Waals surface area (Å²) < 4.78 is 24.8. The summed E-state index contributed by atoms with van der Waals surface area (Å²) in [6.45, 7) is 7.07. The number of benzene rings is 2. The third kappa shape index (κ3) is 5.34. The van der Waals surface area contributed by atoms with Gasteiger partial charge < -0.3 is 9.47 Å². The number of rotatable bonds is 9. The van der Waals surface area contributed by atoms with Crippen LogP contribution in [-0.4, -0.2) is 19.2 Å². The Balaban J connectivity index is 1.97. The van der Waals surface area contributed by atoms with Gasteiger partial charge in [-0.2, -0.15) is 0 Å². The van der Waals surface area contributed by atoms with E-state index in [1.807, 2.05) is 25.1 Å². The van der Waals surface area contributed by atoms with Gasteiger partial charge in [-0.15, -0.1) is 0 Å². The molecule has 0 radical (unpaired) electrons. The number of carbonyl (C=O) groups is 1. The van der Waals surface area contributed by atoms with E-state index in [-0.39, 0.29) is 17.7 Å². The van der Waals surface area contributed by atoms with Gasteiger partial charge in [-0.25, -0.2) is 4.39 Å². The van der Waals surface area contributed by atoms with Gasteiger partial charge in [-0.05, 0) is 73.4 Å². The van der Waals surface area contributed by atoms with Crippen molar-refractivity contribution in [2.75, 3.05) is 13.2 Å². The molecule has 3 nitrogen and oxygen atoms in total. The maximum absolute atomic E-state index is 13.4. The molecule has 0 N–H and O–H groups in total. The maximum atomic E-state index is 13.4. The fourth-order valence-electron chi connectivity index (χ4n) is 3.32. The molecule has 1 aliphatic carbocycles. The molecule has 2 aromatic rings. The fourth-order valence-corrected chi connectivity index (χ4v) is 3.32. The Hall–Kier alpha value is -2.36. The molecule has 4 heteroatoms. The van der Waals surface area contributed by atoms with E-state index in [0.29, 0.717) is 31.5 Å². The van der Waals surface area contributed by atoms with Crippen molar-refractivity contribution in [2.24, 2.45) is 11.8 Å². The Labute approximate surface area is 166 Å². The van der Waals surface area contributed by atoms with Crippen LogP contribution in [0, 0.1) is 17.7 Å². The SMILES string of the molecule is CCOC(=O)C(CC(C)C)c1ccc(OCC2CC2)c(-c2ccc(F)cc2)c1. The second-order valence-corrected chi connectivity index (χ2v) is 7.95. The minimum absolute atomic E-state index is 0.201. The molecule has 0 aromatic heterocycles. The molecule has 150 valence electrons. The van der Waals surface area contributed by atoms with Gasteiger partial charge in [0.25, 0.3) is 0 Å². The highest BCUT2D eigenvalue weighted by atomic mass is 19.1. The molecule has 0 bridgehead atoms. The molecule has 3 rings (SSSR count). The van der Waals surface area contributed by atoms with Crippen molar-refractivity contribution >= 4 is 5.97 Å². The molecule has 28 heavy (non-hydrogen) atoms. The Kier molecular flexibility index (Phi) is 6.71. The molecule has 2 aromatic carbocycles. The topological polar surface area (TPSA) is 35.5 Å². The molecule has 1 unspecified atom stereocenters. The molecule has 0 amide bonds. The van der Waals surface area contributed by atoms with Gasteiger partial charge in [0.05, 0.1) is 19.1 Å². The van der Waals surface area contributed by atoms with Crippen molar-refractivity contribution < 1.29 is 18.7 Å². The average Bonchev–Trinajstić information content (AvgIpc) is 3.49. The third-order valence-electron chi connectivity index (χ3n) is 5.01. The van der Waals surface area contributed by atoms with Crippen LogP contribution in [0.2, 0.25) is 0 Å². The highest BCUT2D eigenvalue weighted by molar-refractivity contribution is 5.80. The Morgan fingerprint density at radius 3 is 2.46 bits per heavy atom. The smallest absolute Gasteiger partial charge is 0.313 e. The van der Waals surface area contributed by atoms with Crippen molar-refractivity contribution in [2.45, 2.75) is 46.0 Å². The van der Waals surface area contributed by atoms with Crippen molar-refractivity contribution in [1.82, 2.24) is 0 Å². The molecule has 0 aliphatic heterocycles. The second kappa shape index (κ2) is 9.22. The van der Waals surface area contributed by atoms with Crippen LogP contribution in [-0.2, 0) is 9.53 Å². The van der Waals surface area contributed by atoms with Crippen molar-refractivity contribution in [1.29, 1.82) is 0 Å². The standard InChI is InChI=1S/C24H29FO3/c1-4-27-24(26)22(13-16(2)3)19-9-12-23(28-15-17-5-6-17)21(14-19)18-7-10-20(25)11-8-18/h7-12,14,16-17,22H,4-6,13,15H2,1-3H3. The zero-order chi connectivity index (χ0) is 20.1. The molecule has 0 spiro atoms. The number of ether oxygens (including phenoxy) is 2. The first-order valence-electron chi connectivity index (χ1n) is 10.2. The van der Waals surface area contributed by atoms with E-state index in [1.165, 1.54) is 25.0 Å². The van der Waals surface area contributed by atoms with E-state index in [0.717, 1.165) is 22.4 Å². The maximum Gasteiger partial charge on any atom is 0.313 e. The van der Waals surface area contributed by atoms with Gasteiger partial charge in [-0.1, -0.05) is 32.0 Å². The summed E-state index contributed by atoms with van der Waals surface area (Å²) in [6, 6.07) is 12.3. The molecule has 1 fully saturated rings. The third-order valence-corrected chi connectivity index (χ3v) is 5.01. The minimum Gasteiger partial charge on any atom is -0.493 e. The van der Waals surface area contributed by atoms with Gasteiger partial charge in [-0.3, -0.25) is 4.79 Å². The molecule has 0 saturated heterocycles. The largest absolute Gasteiger partial charge is 0.493 e. The first kappa shape index (κ1) is 20.4. The molecular weight excluding hydrogens is 355 g/mol. The summed E-state index contributed by atoms with van der Waals surface area (Å²) in [6.07, 6.45) is 3.14. The predicted octanol–water partition coefficient (Wildman–Crippen LogP) is 5.97. The molecule has 1 aliphatic rings. The van der Waals surface area contributed by atoms with Crippen LogP contribution in [0.25, 0.3) is 11.1 Å². The number of halogens is 1. The van der Waals surface area contributed by atoms with Crippen LogP contribution < -0.4 is 4.74 Å². The van der Waals surface area contributed by atoms with Crippen molar-refractivity contribution in [3.05, 3.63) is 53.8 Å². The number of esters is 1. The molecule has 1 atom stereocenters. The van der Waals surface area contributed by atoms with Crippen LogP contribution in [0.5, 0.6) is 5.75 Å². The lowest BCUT2D eigenvalue weighted by atomic mass is 9.88. The van der Waals surface area contributed by atoms with E-state index >= 15 is 0 Å². The molecule has 1 saturated carbocycles. The first-order valence-corrected chi connectivity index (χ1v) is 10.2.